The van der Waals surface area contributed by atoms with Gasteiger partial charge < -0.3 is 4.57 Å². The Morgan fingerprint density at radius 2 is 0.689 bits per heavy atom. The van der Waals surface area contributed by atoms with Gasteiger partial charge in [-0.25, -0.2) is 4.98 Å². The van der Waals surface area contributed by atoms with Crippen LogP contribution in [0.2, 0.25) is 0 Å². The fourth-order valence-corrected chi connectivity index (χ4v) is 11.6. The van der Waals surface area contributed by atoms with E-state index in [0.29, 0.717) is 17.6 Å². The summed E-state index contributed by atoms with van der Waals surface area (Å²) in [5.41, 5.74) is 14.0. The largest absolute Gasteiger partial charge is 0.307 e. The lowest BCUT2D eigenvalue weighted by atomic mass is 9.90. The summed E-state index contributed by atoms with van der Waals surface area (Å²) in [7, 11) is 0. The molecule has 15 rings (SSSR count). The first-order valence-electron chi connectivity index (χ1n) is 25.2. The predicted molar refractivity (Wildman–Crippen MR) is 308 cm³/mol. The molecule has 0 saturated carbocycles. The smallest absolute Gasteiger partial charge is 0.238 e. The first kappa shape index (κ1) is 41.8. The molecule has 0 saturated heterocycles. The van der Waals surface area contributed by atoms with Crippen LogP contribution in [0.25, 0.3) is 144 Å². The summed E-state index contributed by atoms with van der Waals surface area (Å²) in [6.45, 7) is 0. The quantitative estimate of drug-likeness (QED) is 0.150. The SMILES string of the molecule is c1ccc(-c2ccc(-c3nc(-c4ccccc4)nc(-n4c5ccccc5c5cc(-c6ccc7c8ccccc8c8ccccc8c7c6)c6c7ccccc7n(-c7cccc(-c8ccccc8)c7)c6c54)n3)cc2)cc1. The summed E-state index contributed by atoms with van der Waals surface area (Å²) in [6.07, 6.45) is 0. The van der Waals surface area contributed by atoms with Crippen molar-refractivity contribution in [3.63, 3.8) is 0 Å². The minimum atomic E-state index is 0.542. The van der Waals surface area contributed by atoms with Crippen LogP contribution in [-0.4, -0.2) is 24.1 Å². The zero-order valence-electron chi connectivity index (χ0n) is 40.1. The molecule has 0 aliphatic rings. The highest BCUT2D eigenvalue weighted by atomic mass is 15.2. The Kier molecular flexibility index (Phi) is 9.50. The van der Waals surface area contributed by atoms with Gasteiger partial charge in [0.2, 0.25) is 5.95 Å². The number of benzene rings is 12. The molecule has 0 fully saturated rings. The molecule has 0 bridgehead atoms. The summed E-state index contributed by atoms with van der Waals surface area (Å²) in [4.78, 5) is 16.2. The molecular formula is C69H43N5. The van der Waals surface area contributed by atoms with Crippen molar-refractivity contribution in [1.29, 1.82) is 0 Å². The number of rotatable bonds is 7. The second kappa shape index (κ2) is 16.8. The maximum absolute atomic E-state index is 5.49. The molecule has 0 N–H and O–H groups in total. The molecule has 0 atom stereocenters. The zero-order chi connectivity index (χ0) is 48.7. The van der Waals surface area contributed by atoms with Crippen molar-refractivity contribution < 1.29 is 0 Å². The van der Waals surface area contributed by atoms with Gasteiger partial charge in [0, 0.05) is 38.4 Å². The lowest BCUT2D eigenvalue weighted by Crippen LogP contribution is -2.07. The number of para-hydroxylation sites is 2. The van der Waals surface area contributed by atoms with Crippen LogP contribution < -0.4 is 0 Å². The number of aromatic nitrogens is 5. The minimum absolute atomic E-state index is 0.542. The minimum Gasteiger partial charge on any atom is -0.307 e. The Morgan fingerprint density at radius 1 is 0.243 bits per heavy atom. The van der Waals surface area contributed by atoms with E-state index in [1.54, 1.807) is 0 Å². The average Bonchev–Trinajstić information content (AvgIpc) is 4.10. The number of hydrogen-bond donors (Lipinski definition) is 0. The van der Waals surface area contributed by atoms with E-state index in [2.05, 4.69) is 246 Å². The van der Waals surface area contributed by atoms with Crippen molar-refractivity contribution in [3.05, 3.63) is 261 Å². The molecule has 3 aromatic heterocycles. The highest BCUT2D eigenvalue weighted by molar-refractivity contribution is 6.30. The second-order valence-electron chi connectivity index (χ2n) is 19.1. The summed E-state index contributed by atoms with van der Waals surface area (Å²) in [6, 6.07) is 93.7. The molecule has 0 aliphatic heterocycles. The van der Waals surface area contributed by atoms with Crippen LogP contribution in [0.1, 0.15) is 0 Å². The molecule has 344 valence electrons. The maximum atomic E-state index is 5.49. The Hall–Kier alpha value is -9.97. The summed E-state index contributed by atoms with van der Waals surface area (Å²) in [5.74, 6) is 1.74. The Morgan fingerprint density at radius 3 is 1.32 bits per heavy atom. The third-order valence-corrected chi connectivity index (χ3v) is 14.9. The number of nitrogens with zero attached hydrogens (tertiary/aromatic N) is 5. The molecule has 74 heavy (non-hydrogen) atoms. The van der Waals surface area contributed by atoms with Crippen molar-refractivity contribution >= 4 is 75.9 Å². The Bertz CT molecular complexity index is 4650. The van der Waals surface area contributed by atoms with Crippen LogP contribution in [0.3, 0.4) is 0 Å². The van der Waals surface area contributed by atoms with E-state index in [-0.39, 0.29) is 0 Å². The molecule has 0 radical (unpaired) electrons. The van der Waals surface area contributed by atoms with Gasteiger partial charge in [0.1, 0.15) is 0 Å². The van der Waals surface area contributed by atoms with Gasteiger partial charge in [0.25, 0.3) is 0 Å². The molecule has 5 heteroatoms. The lowest BCUT2D eigenvalue weighted by molar-refractivity contribution is 0.953. The average molecular weight is 942 g/mol. The third kappa shape index (κ3) is 6.60. The molecule has 0 spiro atoms. The molecule has 12 aromatic carbocycles. The Labute approximate surface area is 426 Å². The van der Waals surface area contributed by atoms with Crippen LogP contribution in [0.5, 0.6) is 0 Å². The van der Waals surface area contributed by atoms with Gasteiger partial charge >= 0.3 is 0 Å². The van der Waals surface area contributed by atoms with E-state index in [1.165, 1.54) is 32.3 Å². The van der Waals surface area contributed by atoms with Gasteiger partial charge in [0.15, 0.2) is 11.6 Å². The van der Waals surface area contributed by atoms with Crippen molar-refractivity contribution in [2.45, 2.75) is 0 Å². The standard InChI is InChI=1S/C69H43N5/c1-4-19-44(20-5-1)46-35-37-48(38-36-46)68-70-67(47-23-8-3-9-24-47)71-69(72-68)74-62-33-16-14-31-57(62)61-43-59(50-39-40-56-54-29-11-10-27-52(54)53-28-12-13-30-55(53)60(56)42-50)64-58-32-15-17-34-63(58)73(66(64)65(61)74)51-26-18-25-49(41-51)45-21-6-2-7-22-45/h1-43H. The maximum Gasteiger partial charge on any atom is 0.238 e. The van der Waals surface area contributed by atoms with Crippen molar-refractivity contribution in [3.8, 4) is 67.8 Å². The van der Waals surface area contributed by atoms with Crippen LogP contribution in [0.15, 0.2) is 261 Å². The predicted octanol–water partition coefficient (Wildman–Crippen LogP) is 17.9. The van der Waals surface area contributed by atoms with Crippen molar-refractivity contribution in [1.82, 2.24) is 24.1 Å². The van der Waals surface area contributed by atoms with Crippen LogP contribution in [0, 0.1) is 0 Å². The highest BCUT2D eigenvalue weighted by Crippen LogP contribution is 2.48. The van der Waals surface area contributed by atoms with Crippen LogP contribution in [0.4, 0.5) is 0 Å². The molecule has 0 unspecified atom stereocenters. The van der Waals surface area contributed by atoms with Gasteiger partial charge in [-0.15, -0.1) is 0 Å². The van der Waals surface area contributed by atoms with Gasteiger partial charge in [-0.05, 0) is 102 Å². The van der Waals surface area contributed by atoms with E-state index in [4.69, 9.17) is 15.0 Å². The fourth-order valence-electron chi connectivity index (χ4n) is 11.6. The summed E-state index contributed by atoms with van der Waals surface area (Å²) >= 11 is 0. The van der Waals surface area contributed by atoms with E-state index < -0.39 is 0 Å². The van der Waals surface area contributed by atoms with E-state index >= 15 is 0 Å². The van der Waals surface area contributed by atoms with E-state index in [9.17, 15) is 0 Å². The van der Waals surface area contributed by atoms with Crippen LogP contribution >= 0.6 is 0 Å². The fraction of sp³-hybridized carbons (Fsp3) is 0. The highest BCUT2D eigenvalue weighted by Gasteiger charge is 2.27. The molecule has 15 aromatic rings. The first-order chi connectivity index (χ1) is 36.7. The zero-order valence-corrected chi connectivity index (χ0v) is 40.1. The second-order valence-corrected chi connectivity index (χ2v) is 19.1. The topological polar surface area (TPSA) is 48.5 Å². The normalized spacial score (nSPS) is 11.8. The van der Waals surface area contributed by atoms with Crippen molar-refractivity contribution in [2.75, 3.05) is 0 Å². The van der Waals surface area contributed by atoms with Gasteiger partial charge in [-0.3, -0.25) is 4.57 Å². The number of hydrogen-bond acceptors (Lipinski definition) is 3. The molecular weight excluding hydrogens is 899 g/mol. The molecule has 0 aliphatic carbocycles. The lowest BCUT2D eigenvalue weighted by Gasteiger charge is -2.16. The summed E-state index contributed by atoms with van der Waals surface area (Å²) in [5, 5.41) is 12.0. The molecule has 0 amide bonds. The number of fused-ring (bicyclic) bond motifs is 13. The molecule has 5 nitrogen and oxygen atoms in total. The van der Waals surface area contributed by atoms with Crippen molar-refractivity contribution in [2.24, 2.45) is 0 Å². The van der Waals surface area contributed by atoms with E-state index in [1.807, 2.05) is 24.3 Å². The summed E-state index contributed by atoms with van der Waals surface area (Å²) < 4.78 is 4.77. The van der Waals surface area contributed by atoms with Crippen LogP contribution in [-0.2, 0) is 0 Å². The van der Waals surface area contributed by atoms with Gasteiger partial charge in [-0.1, -0.05) is 224 Å². The van der Waals surface area contributed by atoms with Gasteiger partial charge in [0.05, 0.1) is 22.1 Å². The third-order valence-electron chi connectivity index (χ3n) is 14.9. The Balaban J connectivity index is 1.08. The first-order valence-corrected chi connectivity index (χ1v) is 25.2. The molecule has 3 heterocycles. The monoisotopic (exact) mass is 941 g/mol. The van der Waals surface area contributed by atoms with Gasteiger partial charge in [-0.2, -0.15) is 9.97 Å². The van der Waals surface area contributed by atoms with E-state index in [0.717, 1.165) is 93.8 Å².